The van der Waals surface area contributed by atoms with Gasteiger partial charge < -0.3 is 9.47 Å². The Morgan fingerprint density at radius 3 is 2.74 bits per heavy atom. The van der Waals surface area contributed by atoms with E-state index in [1.54, 1.807) is 6.07 Å². The van der Waals surface area contributed by atoms with Crippen LogP contribution < -0.4 is 4.74 Å². The Bertz CT molecular complexity index is 613. The molecule has 0 amide bonds. The number of rotatable bonds is 4. The number of hydrogen-bond donors (Lipinski definition) is 0. The third kappa shape index (κ3) is 3.12. The van der Waals surface area contributed by atoms with Crippen LogP contribution in [0.2, 0.25) is 0 Å². The number of esters is 1. The van der Waals surface area contributed by atoms with Gasteiger partial charge in [-0.25, -0.2) is 4.79 Å². The van der Waals surface area contributed by atoms with Crippen molar-refractivity contribution >= 4 is 17.3 Å². The molecule has 1 aromatic heterocycles. The molecule has 0 aliphatic heterocycles. The largest absolute Gasteiger partial charge is 0.480 e. The van der Waals surface area contributed by atoms with Crippen molar-refractivity contribution in [2.75, 3.05) is 13.7 Å². The van der Waals surface area contributed by atoms with E-state index in [-0.39, 0.29) is 6.61 Å². The lowest BCUT2D eigenvalue weighted by Gasteiger charge is -2.01. The number of nitrogens with zero attached hydrogens (tertiary/aromatic N) is 1. The first-order valence-electron chi connectivity index (χ1n) is 5.53. The topological polar surface area (TPSA) is 59.3 Å². The van der Waals surface area contributed by atoms with Gasteiger partial charge >= 0.3 is 5.97 Å². The monoisotopic (exact) mass is 273 g/mol. The highest BCUT2D eigenvalue weighted by molar-refractivity contribution is 7.16. The van der Waals surface area contributed by atoms with Gasteiger partial charge in [0.25, 0.3) is 0 Å². The van der Waals surface area contributed by atoms with Crippen LogP contribution in [-0.4, -0.2) is 19.7 Å². The number of carbonyl (C=O) groups excluding carboxylic acids is 1. The summed E-state index contributed by atoms with van der Waals surface area (Å²) in [6.07, 6.45) is 0. The molecule has 2 rings (SSSR count). The van der Waals surface area contributed by atoms with E-state index in [2.05, 4.69) is 10.8 Å². The Labute approximate surface area is 114 Å². The standard InChI is InChI=1S/C14H11NO3S/c1-17-14(16)9-18-11-7-12(19-13(11)8-15)10-5-3-2-4-6-10/h2-7H,9H2,1H3. The Balaban J connectivity index is 2.23. The van der Waals surface area contributed by atoms with Gasteiger partial charge in [-0.3, -0.25) is 0 Å². The third-order valence-electron chi connectivity index (χ3n) is 2.43. The first kappa shape index (κ1) is 13.1. The van der Waals surface area contributed by atoms with Crippen molar-refractivity contribution in [1.29, 1.82) is 5.26 Å². The van der Waals surface area contributed by atoms with Crippen LogP contribution in [0.3, 0.4) is 0 Å². The van der Waals surface area contributed by atoms with E-state index < -0.39 is 5.97 Å². The fourth-order valence-corrected chi connectivity index (χ4v) is 2.40. The summed E-state index contributed by atoms with van der Waals surface area (Å²) in [7, 11) is 1.29. The van der Waals surface area contributed by atoms with E-state index >= 15 is 0 Å². The van der Waals surface area contributed by atoms with Gasteiger partial charge in [-0.15, -0.1) is 11.3 Å². The van der Waals surface area contributed by atoms with Crippen LogP contribution >= 0.6 is 11.3 Å². The quantitative estimate of drug-likeness (QED) is 0.804. The SMILES string of the molecule is COC(=O)COc1cc(-c2ccccc2)sc1C#N. The zero-order chi connectivity index (χ0) is 13.7. The van der Waals surface area contributed by atoms with Crippen molar-refractivity contribution in [2.24, 2.45) is 0 Å². The van der Waals surface area contributed by atoms with Crippen molar-refractivity contribution < 1.29 is 14.3 Å². The van der Waals surface area contributed by atoms with E-state index in [4.69, 9.17) is 10.00 Å². The van der Waals surface area contributed by atoms with Crippen molar-refractivity contribution in [3.8, 4) is 22.3 Å². The molecule has 1 aromatic carbocycles. The molecule has 0 bridgehead atoms. The van der Waals surface area contributed by atoms with Crippen molar-refractivity contribution in [1.82, 2.24) is 0 Å². The van der Waals surface area contributed by atoms with Crippen LogP contribution in [0.25, 0.3) is 10.4 Å². The van der Waals surface area contributed by atoms with E-state index in [0.717, 1.165) is 10.4 Å². The molecule has 4 nitrogen and oxygen atoms in total. The minimum atomic E-state index is -0.476. The molecule has 0 aliphatic carbocycles. The predicted octanol–water partition coefficient (Wildman–Crippen LogP) is 2.84. The van der Waals surface area contributed by atoms with Crippen LogP contribution in [0.15, 0.2) is 36.4 Å². The zero-order valence-electron chi connectivity index (χ0n) is 10.3. The van der Waals surface area contributed by atoms with Crippen molar-refractivity contribution in [3.05, 3.63) is 41.3 Å². The minimum absolute atomic E-state index is 0.198. The van der Waals surface area contributed by atoms with Gasteiger partial charge in [0, 0.05) is 10.9 Å². The number of hydrogen-bond acceptors (Lipinski definition) is 5. The number of benzene rings is 1. The lowest BCUT2D eigenvalue weighted by molar-refractivity contribution is -0.142. The summed E-state index contributed by atoms with van der Waals surface area (Å²) in [4.78, 5) is 12.4. The Kier molecular flexibility index (Phi) is 4.16. The molecular formula is C14H11NO3S. The fraction of sp³-hybridized carbons (Fsp3) is 0.143. The molecule has 0 saturated heterocycles. The first-order chi connectivity index (χ1) is 9.24. The van der Waals surface area contributed by atoms with Crippen LogP contribution in [-0.2, 0) is 9.53 Å². The first-order valence-corrected chi connectivity index (χ1v) is 6.35. The molecule has 96 valence electrons. The van der Waals surface area contributed by atoms with Crippen LogP contribution in [0.1, 0.15) is 4.88 Å². The molecule has 5 heteroatoms. The van der Waals surface area contributed by atoms with Crippen LogP contribution in [0.5, 0.6) is 5.75 Å². The number of ether oxygens (including phenoxy) is 2. The third-order valence-corrected chi connectivity index (χ3v) is 3.50. The lowest BCUT2D eigenvalue weighted by atomic mass is 10.2. The van der Waals surface area contributed by atoms with Gasteiger partial charge in [-0.1, -0.05) is 30.3 Å². The molecule has 0 saturated carbocycles. The van der Waals surface area contributed by atoms with Gasteiger partial charge in [-0.05, 0) is 5.56 Å². The van der Waals surface area contributed by atoms with Gasteiger partial charge in [-0.2, -0.15) is 5.26 Å². The fourth-order valence-electron chi connectivity index (χ4n) is 1.50. The normalized spacial score (nSPS) is 9.68. The van der Waals surface area contributed by atoms with Crippen molar-refractivity contribution in [2.45, 2.75) is 0 Å². The molecule has 0 aliphatic rings. The van der Waals surface area contributed by atoms with E-state index in [9.17, 15) is 4.79 Å². The Morgan fingerprint density at radius 1 is 1.37 bits per heavy atom. The molecule has 0 N–H and O–H groups in total. The highest BCUT2D eigenvalue weighted by atomic mass is 32.1. The summed E-state index contributed by atoms with van der Waals surface area (Å²) >= 11 is 1.33. The van der Waals surface area contributed by atoms with Gasteiger partial charge in [0.15, 0.2) is 6.61 Å². The second-order valence-electron chi connectivity index (χ2n) is 3.65. The molecule has 0 radical (unpaired) electrons. The van der Waals surface area contributed by atoms with Gasteiger partial charge in [0.2, 0.25) is 0 Å². The van der Waals surface area contributed by atoms with E-state index in [1.807, 2.05) is 30.3 Å². The number of thiophene rings is 1. The molecular weight excluding hydrogens is 262 g/mol. The smallest absolute Gasteiger partial charge is 0.343 e. The molecule has 0 atom stereocenters. The molecule has 0 fully saturated rings. The molecule has 2 aromatic rings. The second kappa shape index (κ2) is 6.03. The van der Waals surface area contributed by atoms with Crippen LogP contribution in [0.4, 0.5) is 0 Å². The lowest BCUT2D eigenvalue weighted by Crippen LogP contribution is -2.12. The molecule has 19 heavy (non-hydrogen) atoms. The van der Waals surface area contributed by atoms with Gasteiger partial charge in [0.1, 0.15) is 16.7 Å². The summed E-state index contributed by atoms with van der Waals surface area (Å²) in [6, 6.07) is 13.5. The number of carbonyl (C=O) groups is 1. The summed E-state index contributed by atoms with van der Waals surface area (Å²) < 4.78 is 9.79. The summed E-state index contributed by atoms with van der Waals surface area (Å²) in [5.74, 6) is -0.0619. The predicted molar refractivity (Wildman–Crippen MR) is 72.0 cm³/mol. The number of nitriles is 1. The summed E-state index contributed by atoms with van der Waals surface area (Å²) in [5, 5.41) is 9.07. The maximum atomic E-state index is 11.0. The highest BCUT2D eigenvalue weighted by Gasteiger charge is 2.13. The zero-order valence-corrected chi connectivity index (χ0v) is 11.1. The summed E-state index contributed by atoms with van der Waals surface area (Å²) in [6.45, 7) is -0.198. The van der Waals surface area contributed by atoms with E-state index in [0.29, 0.717) is 10.6 Å². The highest BCUT2D eigenvalue weighted by Crippen LogP contribution is 2.35. The molecule has 0 unspecified atom stereocenters. The maximum absolute atomic E-state index is 11.0. The van der Waals surface area contributed by atoms with Crippen molar-refractivity contribution in [3.63, 3.8) is 0 Å². The Hall–Kier alpha value is -2.32. The Morgan fingerprint density at radius 2 is 2.11 bits per heavy atom. The average molecular weight is 273 g/mol. The van der Waals surface area contributed by atoms with Crippen LogP contribution in [0, 0.1) is 11.3 Å². The molecule has 0 spiro atoms. The number of methoxy groups -OCH3 is 1. The van der Waals surface area contributed by atoms with E-state index in [1.165, 1.54) is 18.4 Å². The average Bonchev–Trinajstić information content (AvgIpc) is 2.89. The minimum Gasteiger partial charge on any atom is -0.480 e. The molecule has 1 heterocycles. The second-order valence-corrected chi connectivity index (χ2v) is 4.70. The van der Waals surface area contributed by atoms with Gasteiger partial charge in [0.05, 0.1) is 7.11 Å². The maximum Gasteiger partial charge on any atom is 0.343 e. The summed E-state index contributed by atoms with van der Waals surface area (Å²) in [5.41, 5.74) is 1.01.